The molecule has 1 aromatic carbocycles. The standard InChI is InChI=1S/C16H22/c1-3-5-12-6-4-7-14-15(12)10-13-9-8-11(2)16(13)14/h4,6-7,11,13,16H,3,5,8-10H2,1-2H3/t11-,13?,16?/m0/s1. The highest BCUT2D eigenvalue weighted by Gasteiger charge is 2.40. The van der Waals surface area contributed by atoms with Crippen molar-refractivity contribution in [1.82, 2.24) is 0 Å². The van der Waals surface area contributed by atoms with E-state index in [1.807, 2.05) is 0 Å². The maximum atomic E-state index is 2.45. The summed E-state index contributed by atoms with van der Waals surface area (Å²) in [5.74, 6) is 2.79. The van der Waals surface area contributed by atoms with Crippen molar-refractivity contribution in [2.45, 2.75) is 51.9 Å². The smallest absolute Gasteiger partial charge is 0.0102 e. The molecular formula is C16H22. The fraction of sp³-hybridized carbons (Fsp3) is 0.625. The highest BCUT2D eigenvalue weighted by Crippen LogP contribution is 2.52. The lowest BCUT2D eigenvalue weighted by molar-refractivity contribution is 0.467. The second-order valence-electron chi connectivity index (χ2n) is 5.78. The topological polar surface area (TPSA) is 0 Å². The molecule has 0 spiro atoms. The van der Waals surface area contributed by atoms with E-state index in [9.17, 15) is 0 Å². The molecule has 0 saturated heterocycles. The fourth-order valence-corrected chi connectivity index (χ4v) is 4.07. The molecule has 2 unspecified atom stereocenters. The fourth-order valence-electron chi connectivity index (χ4n) is 4.07. The van der Waals surface area contributed by atoms with Crippen LogP contribution >= 0.6 is 0 Å². The summed E-state index contributed by atoms with van der Waals surface area (Å²) < 4.78 is 0. The predicted molar refractivity (Wildman–Crippen MR) is 68.8 cm³/mol. The first kappa shape index (κ1) is 10.4. The molecule has 86 valence electrons. The minimum atomic E-state index is 0.895. The molecule has 0 radical (unpaired) electrons. The lowest BCUT2D eigenvalue weighted by Crippen LogP contribution is -2.04. The first-order valence-corrected chi connectivity index (χ1v) is 6.92. The van der Waals surface area contributed by atoms with Crippen LogP contribution in [0.5, 0.6) is 0 Å². The SMILES string of the molecule is CCCc1cccc2c1CC1CC[C@H](C)C21. The van der Waals surface area contributed by atoms with Gasteiger partial charge in [-0.05, 0) is 60.1 Å². The van der Waals surface area contributed by atoms with Gasteiger partial charge in [0.15, 0.2) is 0 Å². The molecule has 2 aliphatic rings. The lowest BCUT2D eigenvalue weighted by atomic mass is 9.89. The average Bonchev–Trinajstić information content (AvgIpc) is 2.81. The van der Waals surface area contributed by atoms with E-state index in [1.165, 1.54) is 32.1 Å². The average molecular weight is 214 g/mol. The van der Waals surface area contributed by atoms with E-state index < -0.39 is 0 Å². The molecule has 1 saturated carbocycles. The predicted octanol–water partition coefficient (Wildman–Crippen LogP) is 4.32. The van der Waals surface area contributed by atoms with Crippen molar-refractivity contribution in [3.8, 4) is 0 Å². The van der Waals surface area contributed by atoms with Gasteiger partial charge < -0.3 is 0 Å². The minimum absolute atomic E-state index is 0.895. The van der Waals surface area contributed by atoms with Crippen LogP contribution in [0.25, 0.3) is 0 Å². The van der Waals surface area contributed by atoms with Gasteiger partial charge in [0.25, 0.3) is 0 Å². The summed E-state index contributed by atoms with van der Waals surface area (Å²) in [6.45, 7) is 4.74. The first-order chi connectivity index (χ1) is 7.81. The van der Waals surface area contributed by atoms with Crippen LogP contribution in [0.2, 0.25) is 0 Å². The molecule has 1 aromatic rings. The molecule has 1 fully saturated rings. The van der Waals surface area contributed by atoms with Crippen LogP contribution in [-0.4, -0.2) is 0 Å². The maximum absolute atomic E-state index is 2.45. The zero-order valence-electron chi connectivity index (χ0n) is 10.5. The van der Waals surface area contributed by atoms with Crippen molar-refractivity contribution < 1.29 is 0 Å². The molecule has 0 aliphatic heterocycles. The Balaban J connectivity index is 2.01. The van der Waals surface area contributed by atoms with Crippen molar-refractivity contribution in [3.63, 3.8) is 0 Å². The third kappa shape index (κ3) is 1.43. The van der Waals surface area contributed by atoms with E-state index >= 15 is 0 Å². The first-order valence-electron chi connectivity index (χ1n) is 6.92. The van der Waals surface area contributed by atoms with Gasteiger partial charge in [0.05, 0.1) is 0 Å². The number of fused-ring (bicyclic) bond motifs is 3. The van der Waals surface area contributed by atoms with Gasteiger partial charge in [0.1, 0.15) is 0 Å². The number of hydrogen-bond acceptors (Lipinski definition) is 0. The normalized spacial score (nSPS) is 31.5. The lowest BCUT2D eigenvalue weighted by Gasteiger charge is -2.16. The summed E-state index contributed by atoms with van der Waals surface area (Å²) in [6, 6.07) is 7.05. The molecule has 2 aliphatic carbocycles. The quantitative estimate of drug-likeness (QED) is 0.687. The van der Waals surface area contributed by atoms with E-state index in [-0.39, 0.29) is 0 Å². The Morgan fingerprint density at radius 3 is 2.94 bits per heavy atom. The Hall–Kier alpha value is -0.780. The molecule has 0 bridgehead atoms. The van der Waals surface area contributed by atoms with E-state index in [0.717, 1.165) is 17.8 Å². The monoisotopic (exact) mass is 214 g/mol. The summed E-state index contributed by atoms with van der Waals surface area (Å²) in [4.78, 5) is 0. The Morgan fingerprint density at radius 1 is 1.25 bits per heavy atom. The largest absolute Gasteiger partial charge is 0.0651 e. The molecule has 0 amide bonds. The number of aryl methyl sites for hydroxylation is 1. The highest BCUT2D eigenvalue weighted by molar-refractivity contribution is 5.43. The van der Waals surface area contributed by atoms with Crippen molar-refractivity contribution in [1.29, 1.82) is 0 Å². The van der Waals surface area contributed by atoms with Crippen LogP contribution in [0.15, 0.2) is 18.2 Å². The molecule has 3 rings (SSSR count). The van der Waals surface area contributed by atoms with Gasteiger partial charge in [-0.2, -0.15) is 0 Å². The molecule has 0 heteroatoms. The van der Waals surface area contributed by atoms with Gasteiger partial charge >= 0.3 is 0 Å². The van der Waals surface area contributed by atoms with Gasteiger partial charge in [0, 0.05) is 0 Å². The summed E-state index contributed by atoms with van der Waals surface area (Å²) in [5, 5.41) is 0. The number of hydrogen-bond donors (Lipinski definition) is 0. The molecule has 0 aromatic heterocycles. The van der Waals surface area contributed by atoms with Crippen molar-refractivity contribution in [2.24, 2.45) is 11.8 Å². The van der Waals surface area contributed by atoms with Gasteiger partial charge in [-0.3, -0.25) is 0 Å². The second-order valence-corrected chi connectivity index (χ2v) is 5.78. The van der Waals surface area contributed by atoms with Crippen molar-refractivity contribution in [3.05, 3.63) is 34.9 Å². The molecule has 0 nitrogen and oxygen atoms in total. The second kappa shape index (κ2) is 3.91. The molecule has 16 heavy (non-hydrogen) atoms. The number of benzene rings is 1. The molecular weight excluding hydrogens is 192 g/mol. The molecule has 0 heterocycles. The summed E-state index contributed by atoms with van der Waals surface area (Å²) >= 11 is 0. The number of rotatable bonds is 2. The van der Waals surface area contributed by atoms with Gasteiger partial charge in [0.2, 0.25) is 0 Å². The van der Waals surface area contributed by atoms with Gasteiger partial charge in [-0.25, -0.2) is 0 Å². The van der Waals surface area contributed by atoms with Crippen LogP contribution in [0.1, 0.15) is 55.7 Å². The van der Waals surface area contributed by atoms with E-state index in [2.05, 4.69) is 32.0 Å². The summed E-state index contributed by atoms with van der Waals surface area (Å²) in [5.41, 5.74) is 5.08. The summed E-state index contributed by atoms with van der Waals surface area (Å²) in [6.07, 6.45) is 6.84. The van der Waals surface area contributed by atoms with Crippen molar-refractivity contribution in [2.75, 3.05) is 0 Å². The Bertz CT molecular complexity index is 391. The highest BCUT2D eigenvalue weighted by atomic mass is 14.4. The van der Waals surface area contributed by atoms with Crippen LogP contribution < -0.4 is 0 Å². The third-order valence-electron chi connectivity index (χ3n) is 4.77. The maximum Gasteiger partial charge on any atom is -0.0102 e. The van der Waals surface area contributed by atoms with E-state index in [1.54, 1.807) is 16.7 Å². The van der Waals surface area contributed by atoms with Crippen LogP contribution in [-0.2, 0) is 12.8 Å². The Kier molecular flexibility index (Phi) is 2.53. The van der Waals surface area contributed by atoms with Gasteiger partial charge in [-0.15, -0.1) is 0 Å². The zero-order valence-corrected chi connectivity index (χ0v) is 10.5. The zero-order chi connectivity index (χ0) is 11.1. The summed E-state index contributed by atoms with van der Waals surface area (Å²) in [7, 11) is 0. The van der Waals surface area contributed by atoms with Crippen LogP contribution in [0.3, 0.4) is 0 Å². The van der Waals surface area contributed by atoms with Crippen LogP contribution in [0.4, 0.5) is 0 Å². The van der Waals surface area contributed by atoms with Gasteiger partial charge in [-0.1, -0.05) is 38.5 Å². The van der Waals surface area contributed by atoms with Crippen LogP contribution in [0, 0.1) is 11.8 Å². The third-order valence-corrected chi connectivity index (χ3v) is 4.77. The minimum Gasteiger partial charge on any atom is -0.0651 e. The van der Waals surface area contributed by atoms with E-state index in [4.69, 9.17) is 0 Å². The Morgan fingerprint density at radius 2 is 2.12 bits per heavy atom. The van der Waals surface area contributed by atoms with E-state index in [0.29, 0.717) is 0 Å². The molecule has 0 N–H and O–H groups in total. The van der Waals surface area contributed by atoms with Crippen molar-refractivity contribution >= 4 is 0 Å². The molecule has 3 atom stereocenters. The Labute approximate surface area is 99.1 Å².